The standard InChI is InChI=1S/C25H28N2O2/c1-3-18-12-13-23-19(14-18)15-20(24(28)26-23)16-27(21-9-5-6-10-21)25(29)22-11-7-4-8-17(22)2/h4,7-8,11-15,21H,3,5-6,9-10,16H2,1-2H3,(H,26,28). The lowest BCUT2D eigenvalue weighted by Crippen LogP contribution is -2.40. The van der Waals surface area contributed by atoms with Crippen LogP contribution < -0.4 is 5.56 Å². The molecular weight excluding hydrogens is 360 g/mol. The van der Waals surface area contributed by atoms with Gasteiger partial charge in [-0.25, -0.2) is 0 Å². The van der Waals surface area contributed by atoms with Crippen LogP contribution in [0.1, 0.15) is 59.7 Å². The first-order valence-electron chi connectivity index (χ1n) is 10.6. The Balaban J connectivity index is 1.72. The quantitative estimate of drug-likeness (QED) is 0.670. The summed E-state index contributed by atoms with van der Waals surface area (Å²) in [5.74, 6) is 0.0248. The first-order valence-corrected chi connectivity index (χ1v) is 10.6. The molecule has 3 aromatic rings. The van der Waals surface area contributed by atoms with Crippen LogP contribution >= 0.6 is 0 Å². The molecule has 0 bridgehead atoms. The minimum absolute atomic E-state index is 0.0248. The molecule has 1 fully saturated rings. The molecule has 0 unspecified atom stereocenters. The molecule has 1 aliphatic carbocycles. The van der Waals surface area contributed by atoms with E-state index in [0.717, 1.165) is 54.1 Å². The fourth-order valence-corrected chi connectivity index (χ4v) is 4.37. The van der Waals surface area contributed by atoms with E-state index >= 15 is 0 Å². The largest absolute Gasteiger partial charge is 0.331 e. The lowest BCUT2D eigenvalue weighted by molar-refractivity contribution is 0.0663. The van der Waals surface area contributed by atoms with Gasteiger partial charge >= 0.3 is 0 Å². The molecule has 1 heterocycles. The molecule has 1 aliphatic rings. The van der Waals surface area contributed by atoms with E-state index < -0.39 is 0 Å². The van der Waals surface area contributed by atoms with Crippen molar-refractivity contribution in [3.8, 4) is 0 Å². The molecule has 0 spiro atoms. The molecule has 0 atom stereocenters. The number of aromatic amines is 1. The predicted molar refractivity (Wildman–Crippen MR) is 117 cm³/mol. The summed E-state index contributed by atoms with van der Waals surface area (Å²) in [5, 5.41) is 1.02. The molecule has 2 aromatic carbocycles. The zero-order valence-electron chi connectivity index (χ0n) is 17.2. The van der Waals surface area contributed by atoms with Crippen molar-refractivity contribution in [2.45, 2.75) is 58.5 Å². The van der Waals surface area contributed by atoms with E-state index in [9.17, 15) is 9.59 Å². The van der Waals surface area contributed by atoms with Crippen molar-refractivity contribution in [1.82, 2.24) is 9.88 Å². The lowest BCUT2D eigenvalue weighted by atomic mass is 10.0. The predicted octanol–water partition coefficient (Wildman–Crippen LogP) is 4.98. The number of nitrogens with zero attached hydrogens (tertiary/aromatic N) is 1. The number of hydrogen-bond donors (Lipinski definition) is 1. The molecule has 1 saturated carbocycles. The van der Waals surface area contributed by atoms with Crippen LogP contribution in [0.3, 0.4) is 0 Å². The Morgan fingerprint density at radius 1 is 1.10 bits per heavy atom. The highest BCUT2D eigenvalue weighted by Crippen LogP contribution is 2.27. The number of pyridine rings is 1. The fourth-order valence-electron chi connectivity index (χ4n) is 4.37. The smallest absolute Gasteiger partial charge is 0.254 e. The number of aromatic nitrogens is 1. The molecule has 1 aromatic heterocycles. The van der Waals surface area contributed by atoms with Gasteiger partial charge in [0.15, 0.2) is 0 Å². The normalized spacial score (nSPS) is 14.4. The second-order valence-electron chi connectivity index (χ2n) is 8.09. The van der Waals surface area contributed by atoms with E-state index in [2.05, 4.69) is 18.0 Å². The molecule has 0 saturated heterocycles. The summed E-state index contributed by atoms with van der Waals surface area (Å²) in [4.78, 5) is 31.1. The Morgan fingerprint density at radius 3 is 2.59 bits per heavy atom. The third kappa shape index (κ3) is 3.98. The van der Waals surface area contributed by atoms with Crippen LogP contribution in [0.5, 0.6) is 0 Å². The van der Waals surface area contributed by atoms with E-state index in [1.807, 2.05) is 54.3 Å². The van der Waals surface area contributed by atoms with Gasteiger partial charge in [-0.1, -0.05) is 44.0 Å². The molecule has 0 aliphatic heterocycles. The van der Waals surface area contributed by atoms with Crippen molar-refractivity contribution in [1.29, 1.82) is 0 Å². The minimum Gasteiger partial charge on any atom is -0.331 e. The van der Waals surface area contributed by atoms with Gasteiger partial charge in [0.2, 0.25) is 0 Å². The average Bonchev–Trinajstić information content (AvgIpc) is 3.26. The van der Waals surface area contributed by atoms with Gasteiger partial charge in [-0.05, 0) is 67.0 Å². The summed E-state index contributed by atoms with van der Waals surface area (Å²) in [6, 6.07) is 16.0. The van der Waals surface area contributed by atoms with Gasteiger partial charge in [0.25, 0.3) is 11.5 Å². The second-order valence-corrected chi connectivity index (χ2v) is 8.09. The van der Waals surface area contributed by atoms with Crippen LogP contribution in [0.25, 0.3) is 10.9 Å². The van der Waals surface area contributed by atoms with Gasteiger partial charge in [0.1, 0.15) is 0 Å². The molecule has 4 rings (SSSR count). The van der Waals surface area contributed by atoms with Crippen molar-refractivity contribution in [3.05, 3.63) is 81.1 Å². The monoisotopic (exact) mass is 388 g/mol. The second kappa shape index (κ2) is 8.24. The summed E-state index contributed by atoms with van der Waals surface area (Å²) in [6.07, 6.45) is 5.23. The van der Waals surface area contributed by atoms with Crippen molar-refractivity contribution in [3.63, 3.8) is 0 Å². The Morgan fingerprint density at radius 2 is 1.86 bits per heavy atom. The highest BCUT2D eigenvalue weighted by atomic mass is 16.2. The van der Waals surface area contributed by atoms with Crippen LogP contribution in [0, 0.1) is 6.92 Å². The maximum Gasteiger partial charge on any atom is 0.254 e. The number of fused-ring (bicyclic) bond motifs is 1. The molecule has 0 radical (unpaired) electrons. The van der Waals surface area contributed by atoms with Gasteiger partial charge in [0, 0.05) is 22.7 Å². The van der Waals surface area contributed by atoms with Crippen LogP contribution in [0.2, 0.25) is 0 Å². The zero-order chi connectivity index (χ0) is 20.4. The highest BCUT2D eigenvalue weighted by molar-refractivity contribution is 5.96. The number of aryl methyl sites for hydroxylation is 2. The van der Waals surface area contributed by atoms with E-state index in [0.29, 0.717) is 12.1 Å². The minimum atomic E-state index is -0.109. The number of carbonyl (C=O) groups excluding carboxylic acids is 1. The molecule has 1 N–H and O–H groups in total. The Bertz CT molecular complexity index is 1090. The maximum atomic E-state index is 13.4. The van der Waals surface area contributed by atoms with Crippen LogP contribution in [-0.4, -0.2) is 21.8 Å². The summed E-state index contributed by atoms with van der Waals surface area (Å²) < 4.78 is 0. The molecule has 4 heteroatoms. The van der Waals surface area contributed by atoms with E-state index in [4.69, 9.17) is 0 Å². The van der Waals surface area contributed by atoms with E-state index in [1.165, 1.54) is 5.56 Å². The molecule has 1 amide bonds. The lowest BCUT2D eigenvalue weighted by Gasteiger charge is -2.29. The topological polar surface area (TPSA) is 53.2 Å². The number of nitrogens with one attached hydrogen (secondary N) is 1. The number of carbonyl (C=O) groups is 1. The number of H-pyrrole nitrogens is 1. The van der Waals surface area contributed by atoms with Crippen molar-refractivity contribution in [2.75, 3.05) is 0 Å². The average molecular weight is 389 g/mol. The van der Waals surface area contributed by atoms with Crippen molar-refractivity contribution < 1.29 is 4.79 Å². The van der Waals surface area contributed by atoms with Gasteiger partial charge in [0.05, 0.1) is 6.54 Å². The third-order valence-electron chi connectivity index (χ3n) is 6.14. The first kappa shape index (κ1) is 19.4. The number of hydrogen-bond acceptors (Lipinski definition) is 2. The number of rotatable bonds is 5. The van der Waals surface area contributed by atoms with Gasteiger partial charge in [-0.3, -0.25) is 9.59 Å². The summed E-state index contributed by atoms with van der Waals surface area (Å²) in [6.45, 7) is 4.44. The van der Waals surface area contributed by atoms with Gasteiger partial charge in [-0.15, -0.1) is 0 Å². The molecular formula is C25H28N2O2. The molecule has 4 nitrogen and oxygen atoms in total. The maximum absolute atomic E-state index is 13.4. The Hall–Kier alpha value is -2.88. The van der Waals surface area contributed by atoms with Crippen molar-refractivity contribution >= 4 is 16.8 Å². The van der Waals surface area contributed by atoms with Crippen LogP contribution in [0.15, 0.2) is 53.3 Å². The van der Waals surface area contributed by atoms with E-state index in [1.54, 1.807) is 0 Å². The van der Waals surface area contributed by atoms with Crippen LogP contribution in [0.4, 0.5) is 0 Å². The Labute approximate surface area is 171 Å². The SMILES string of the molecule is CCc1ccc2[nH]c(=O)c(CN(C(=O)c3ccccc3C)C3CCCC3)cc2c1. The number of amides is 1. The number of benzene rings is 2. The highest BCUT2D eigenvalue weighted by Gasteiger charge is 2.29. The zero-order valence-corrected chi connectivity index (χ0v) is 17.2. The summed E-state index contributed by atoms with van der Waals surface area (Å²) >= 11 is 0. The van der Waals surface area contributed by atoms with Gasteiger partial charge in [-0.2, -0.15) is 0 Å². The molecule has 150 valence electrons. The third-order valence-corrected chi connectivity index (χ3v) is 6.14. The van der Waals surface area contributed by atoms with E-state index in [-0.39, 0.29) is 17.5 Å². The van der Waals surface area contributed by atoms with Crippen LogP contribution in [-0.2, 0) is 13.0 Å². The first-order chi connectivity index (χ1) is 14.1. The van der Waals surface area contributed by atoms with Gasteiger partial charge < -0.3 is 9.88 Å². The van der Waals surface area contributed by atoms with Crippen molar-refractivity contribution in [2.24, 2.45) is 0 Å². The fraction of sp³-hybridized carbons (Fsp3) is 0.360. The Kier molecular flexibility index (Phi) is 5.52. The molecule has 29 heavy (non-hydrogen) atoms. The summed E-state index contributed by atoms with van der Waals surface area (Å²) in [5.41, 5.74) is 4.32. The summed E-state index contributed by atoms with van der Waals surface area (Å²) in [7, 11) is 0.